The van der Waals surface area contributed by atoms with Crippen LogP contribution >= 0.6 is 0 Å². The number of benzene rings is 1. The van der Waals surface area contributed by atoms with Gasteiger partial charge >= 0.3 is 0 Å². The highest BCUT2D eigenvalue weighted by Crippen LogP contribution is 2.43. The normalized spacial score (nSPS) is 17.6. The molecule has 8 nitrogen and oxygen atoms in total. The lowest BCUT2D eigenvalue weighted by atomic mass is 10.0. The van der Waals surface area contributed by atoms with Gasteiger partial charge in [0.15, 0.2) is 11.5 Å². The molecule has 0 fully saturated rings. The molecule has 0 bridgehead atoms. The fourth-order valence-electron chi connectivity index (χ4n) is 3.42. The van der Waals surface area contributed by atoms with Gasteiger partial charge in [-0.05, 0) is 29.8 Å². The smallest absolute Gasteiger partial charge is 0.282 e. The van der Waals surface area contributed by atoms with E-state index in [9.17, 15) is 8.42 Å². The third-order valence-electron chi connectivity index (χ3n) is 4.75. The molecule has 1 atom stereocenters. The van der Waals surface area contributed by atoms with Gasteiger partial charge in [0.2, 0.25) is 5.75 Å². The number of hydrogen-bond donors (Lipinski definition) is 0. The van der Waals surface area contributed by atoms with Gasteiger partial charge in [-0.1, -0.05) is 0 Å². The predicted octanol–water partition coefficient (Wildman–Crippen LogP) is 1.73. The van der Waals surface area contributed by atoms with Crippen LogP contribution < -0.4 is 14.2 Å². The average Bonchev–Trinajstić information content (AvgIpc) is 3.14. The Labute approximate surface area is 160 Å². The summed E-state index contributed by atoms with van der Waals surface area (Å²) in [5, 5.41) is 0. The number of ether oxygens (including phenoxy) is 3. The monoisotopic (exact) mass is 395 g/mol. The van der Waals surface area contributed by atoms with Gasteiger partial charge in [0.25, 0.3) is 10.2 Å². The van der Waals surface area contributed by atoms with Crippen molar-refractivity contribution in [2.24, 2.45) is 0 Å². The van der Waals surface area contributed by atoms with E-state index in [0.29, 0.717) is 30.3 Å². The lowest BCUT2D eigenvalue weighted by molar-refractivity contribution is 0.278. The number of aromatic nitrogens is 1. The standard InChI is InChI=1S/C18H25N3O5S/c1-19(2)27(22,23)21-10-9-20-8-6-7-14(20)17(21)13-11-15(24-3)18(26-5)16(12-13)25-4/h6-8,11-12,17H,9-10H2,1-5H3. The van der Waals surface area contributed by atoms with Crippen LogP contribution in [0.15, 0.2) is 30.5 Å². The van der Waals surface area contributed by atoms with Crippen molar-refractivity contribution in [2.75, 3.05) is 42.0 Å². The van der Waals surface area contributed by atoms with E-state index < -0.39 is 16.3 Å². The molecule has 0 aliphatic carbocycles. The van der Waals surface area contributed by atoms with Crippen LogP contribution in [0.3, 0.4) is 0 Å². The molecule has 3 rings (SSSR count). The Morgan fingerprint density at radius 2 is 1.67 bits per heavy atom. The molecular formula is C18H25N3O5S. The minimum absolute atomic E-state index is 0.365. The molecule has 2 heterocycles. The zero-order valence-electron chi connectivity index (χ0n) is 16.2. The molecule has 0 radical (unpaired) electrons. The van der Waals surface area contributed by atoms with Crippen molar-refractivity contribution in [2.45, 2.75) is 12.6 Å². The maximum Gasteiger partial charge on any atom is 0.282 e. The van der Waals surface area contributed by atoms with Gasteiger partial charge in [-0.2, -0.15) is 17.0 Å². The Morgan fingerprint density at radius 3 is 2.19 bits per heavy atom. The molecule has 148 valence electrons. The van der Waals surface area contributed by atoms with E-state index in [4.69, 9.17) is 14.2 Å². The van der Waals surface area contributed by atoms with E-state index in [2.05, 4.69) is 4.57 Å². The molecule has 27 heavy (non-hydrogen) atoms. The quantitative estimate of drug-likeness (QED) is 0.745. The molecule has 0 spiro atoms. The Hall–Kier alpha value is -2.23. The maximum atomic E-state index is 13.0. The van der Waals surface area contributed by atoms with Crippen molar-refractivity contribution in [3.8, 4) is 17.2 Å². The highest BCUT2D eigenvalue weighted by atomic mass is 32.2. The number of methoxy groups -OCH3 is 3. The summed E-state index contributed by atoms with van der Waals surface area (Å²) in [6.07, 6.45) is 1.96. The minimum atomic E-state index is -3.63. The minimum Gasteiger partial charge on any atom is -0.493 e. The first-order valence-electron chi connectivity index (χ1n) is 8.49. The Kier molecular flexibility index (Phi) is 5.36. The predicted molar refractivity (Wildman–Crippen MR) is 102 cm³/mol. The molecule has 1 unspecified atom stereocenters. The Bertz CT molecular complexity index is 898. The summed E-state index contributed by atoms with van der Waals surface area (Å²) < 4.78 is 47.1. The van der Waals surface area contributed by atoms with Crippen molar-refractivity contribution in [1.82, 2.24) is 13.2 Å². The first kappa shape index (κ1) is 19.5. The summed E-state index contributed by atoms with van der Waals surface area (Å²) in [5.74, 6) is 1.44. The lowest BCUT2D eigenvalue weighted by Crippen LogP contribution is -2.47. The van der Waals surface area contributed by atoms with Crippen molar-refractivity contribution in [3.63, 3.8) is 0 Å². The summed E-state index contributed by atoms with van der Waals surface area (Å²) >= 11 is 0. The number of hydrogen-bond acceptors (Lipinski definition) is 5. The third-order valence-corrected chi connectivity index (χ3v) is 6.66. The first-order valence-corrected chi connectivity index (χ1v) is 9.89. The van der Waals surface area contributed by atoms with Crippen molar-refractivity contribution >= 4 is 10.2 Å². The van der Waals surface area contributed by atoms with Crippen LogP contribution in [0, 0.1) is 0 Å². The van der Waals surface area contributed by atoms with Crippen LogP contribution in [0.1, 0.15) is 17.3 Å². The summed E-state index contributed by atoms with van der Waals surface area (Å²) in [6.45, 7) is 0.958. The van der Waals surface area contributed by atoms with Crippen molar-refractivity contribution in [3.05, 3.63) is 41.7 Å². The second-order valence-electron chi connectivity index (χ2n) is 6.39. The fourth-order valence-corrected chi connectivity index (χ4v) is 4.64. The summed E-state index contributed by atoms with van der Waals surface area (Å²) in [7, 11) is 4.06. The second kappa shape index (κ2) is 7.41. The maximum absolute atomic E-state index is 13.0. The van der Waals surface area contributed by atoms with Crippen LogP contribution in [0.25, 0.3) is 0 Å². The first-order chi connectivity index (χ1) is 12.8. The average molecular weight is 395 g/mol. The van der Waals surface area contributed by atoms with Gasteiger partial charge in [-0.25, -0.2) is 0 Å². The molecule has 0 amide bonds. The van der Waals surface area contributed by atoms with Crippen molar-refractivity contribution < 1.29 is 22.6 Å². The molecule has 1 aromatic heterocycles. The molecule has 0 saturated heterocycles. The van der Waals surface area contributed by atoms with Crippen LogP contribution in [-0.4, -0.2) is 63.6 Å². The van der Waals surface area contributed by atoms with E-state index in [1.165, 1.54) is 29.8 Å². The Balaban J connectivity index is 2.22. The second-order valence-corrected chi connectivity index (χ2v) is 8.48. The number of rotatable bonds is 6. The molecule has 1 aliphatic heterocycles. The molecule has 0 saturated carbocycles. The van der Waals surface area contributed by atoms with Gasteiger partial charge in [0, 0.05) is 39.1 Å². The van der Waals surface area contributed by atoms with E-state index in [1.807, 2.05) is 18.3 Å². The van der Waals surface area contributed by atoms with E-state index >= 15 is 0 Å². The van der Waals surface area contributed by atoms with Gasteiger partial charge in [-0.15, -0.1) is 0 Å². The topological polar surface area (TPSA) is 73.2 Å². The Morgan fingerprint density at radius 1 is 1.04 bits per heavy atom. The van der Waals surface area contributed by atoms with Gasteiger partial charge in [0.05, 0.1) is 27.4 Å². The summed E-state index contributed by atoms with van der Waals surface area (Å²) in [6, 6.07) is 6.95. The van der Waals surface area contributed by atoms with Crippen molar-refractivity contribution in [1.29, 1.82) is 0 Å². The van der Waals surface area contributed by atoms with E-state index in [1.54, 1.807) is 26.4 Å². The zero-order chi connectivity index (χ0) is 19.8. The summed E-state index contributed by atoms with van der Waals surface area (Å²) in [4.78, 5) is 0. The molecular weight excluding hydrogens is 370 g/mol. The number of fused-ring (bicyclic) bond motifs is 1. The van der Waals surface area contributed by atoms with Crippen LogP contribution in [0.2, 0.25) is 0 Å². The highest BCUT2D eigenvalue weighted by molar-refractivity contribution is 7.86. The van der Waals surface area contributed by atoms with Crippen LogP contribution in [0.5, 0.6) is 17.2 Å². The number of nitrogens with zero attached hydrogens (tertiary/aromatic N) is 3. The van der Waals surface area contributed by atoms with E-state index in [-0.39, 0.29) is 0 Å². The van der Waals surface area contributed by atoms with Crippen LogP contribution in [-0.2, 0) is 16.8 Å². The molecule has 0 N–H and O–H groups in total. The largest absolute Gasteiger partial charge is 0.493 e. The molecule has 2 aromatic rings. The van der Waals surface area contributed by atoms with Gasteiger partial charge in [-0.3, -0.25) is 0 Å². The SMILES string of the molecule is COc1cc(C2c3cccn3CCN2S(=O)(=O)N(C)C)cc(OC)c1OC. The van der Waals surface area contributed by atoms with Crippen LogP contribution in [0.4, 0.5) is 0 Å². The molecule has 1 aliphatic rings. The molecule has 9 heteroatoms. The zero-order valence-corrected chi connectivity index (χ0v) is 17.0. The van der Waals surface area contributed by atoms with Gasteiger partial charge < -0.3 is 18.8 Å². The third kappa shape index (κ3) is 3.26. The van der Waals surface area contributed by atoms with Gasteiger partial charge in [0.1, 0.15) is 0 Å². The highest BCUT2D eigenvalue weighted by Gasteiger charge is 2.38. The molecule has 1 aromatic carbocycles. The summed E-state index contributed by atoms with van der Waals surface area (Å²) in [5.41, 5.74) is 1.63. The lowest BCUT2D eigenvalue weighted by Gasteiger charge is -2.37. The van der Waals surface area contributed by atoms with E-state index in [0.717, 1.165) is 11.3 Å². The fraction of sp³-hybridized carbons (Fsp3) is 0.444.